The summed E-state index contributed by atoms with van der Waals surface area (Å²) in [6.07, 6.45) is 0.897. The molecule has 1 aliphatic heterocycles. The molecule has 6 heteroatoms. The van der Waals surface area contributed by atoms with Crippen molar-refractivity contribution < 1.29 is 13.9 Å². The van der Waals surface area contributed by atoms with Gasteiger partial charge in [-0.3, -0.25) is 4.90 Å². The van der Waals surface area contributed by atoms with Crippen LogP contribution in [0.5, 0.6) is 11.5 Å². The van der Waals surface area contributed by atoms with E-state index >= 15 is 0 Å². The predicted molar refractivity (Wildman–Crippen MR) is 77.0 cm³/mol. The number of benzene rings is 1. The van der Waals surface area contributed by atoms with Crippen LogP contribution in [0.25, 0.3) is 0 Å². The molecule has 2 atom stereocenters. The molecule has 112 valence electrons. The maximum atomic E-state index is 14.0. The Morgan fingerprint density at radius 3 is 2.55 bits per heavy atom. The monoisotopic (exact) mass is 302 g/mol. The third kappa shape index (κ3) is 2.57. The minimum atomic E-state index is -0.592. The minimum Gasteiger partial charge on any atom is -0.492 e. The van der Waals surface area contributed by atoms with Gasteiger partial charge in [0, 0.05) is 18.2 Å². The highest BCUT2D eigenvalue weighted by Gasteiger charge is 2.34. The van der Waals surface area contributed by atoms with E-state index in [2.05, 4.69) is 4.90 Å². The number of halogens is 2. The maximum absolute atomic E-state index is 14.0. The number of methoxy groups -OCH3 is 2. The molecular weight excluding hydrogens is 283 g/mol. The van der Waals surface area contributed by atoms with Gasteiger partial charge in [0.25, 0.3) is 0 Å². The average molecular weight is 303 g/mol. The van der Waals surface area contributed by atoms with Crippen molar-refractivity contribution in [3.63, 3.8) is 0 Å². The van der Waals surface area contributed by atoms with E-state index in [1.165, 1.54) is 14.2 Å². The first-order valence-corrected chi connectivity index (χ1v) is 6.91. The molecule has 1 saturated heterocycles. The average Bonchev–Trinajstić information content (AvgIpc) is 2.82. The zero-order valence-corrected chi connectivity index (χ0v) is 12.7. The van der Waals surface area contributed by atoms with Crippen molar-refractivity contribution in [2.24, 2.45) is 11.7 Å². The number of nitrogens with zero attached hydrogens (tertiary/aromatic N) is 1. The second kappa shape index (κ2) is 6.16. The Labute approximate surface area is 123 Å². The Kier molecular flexibility index (Phi) is 4.73. The summed E-state index contributed by atoms with van der Waals surface area (Å²) >= 11 is 5.97. The standard InChI is InChI=1S/C14H20ClFN2O2/c1-18-7-8(6-17)4-11(18)9-5-10(15)12(16)14(20-3)13(9)19-2/h5,8,11H,4,6-7,17H2,1-3H3. The van der Waals surface area contributed by atoms with Gasteiger partial charge in [-0.25, -0.2) is 4.39 Å². The lowest BCUT2D eigenvalue weighted by atomic mass is 9.98. The van der Waals surface area contributed by atoms with Gasteiger partial charge in [-0.15, -0.1) is 0 Å². The molecule has 2 N–H and O–H groups in total. The van der Waals surface area contributed by atoms with Crippen LogP contribution in [0.2, 0.25) is 5.02 Å². The number of hydrogen-bond donors (Lipinski definition) is 1. The number of ether oxygens (including phenoxy) is 2. The Bertz CT molecular complexity index is 499. The van der Waals surface area contributed by atoms with Crippen molar-refractivity contribution in [2.45, 2.75) is 12.5 Å². The zero-order chi connectivity index (χ0) is 14.9. The van der Waals surface area contributed by atoms with Crippen LogP contribution in [-0.2, 0) is 0 Å². The molecule has 2 unspecified atom stereocenters. The number of nitrogens with two attached hydrogens (primary N) is 1. The topological polar surface area (TPSA) is 47.7 Å². The molecule has 1 aromatic carbocycles. The summed E-state index contributed by atoms with van der Waals surface area (Å²) < 4.78 is 24.4. The molecule has 0 spiro atoms. The van der Waals surface area contributed by atoms with Crippen molar-refractivity contribution in [3.05, 3.63) is 22.5 Å². The van der Waals surface area contributed by atoms with Gasteiger partial charge in [0.2, 0.25) is 0 Å². The SMILES string of the molecule is COc1c(C2CC(CN)CN2C)cc(Cl)c(F)c1OC. The quantitative estimate of drug-likeness (QED) is 0.928. The van der Waals surface area contributed by atoms with Gasteiger partial charge in [0.1, 0.15) is 0 Å². The summed E-state index contributed by atoms with van der Waals surface area (Å²) in [6.45, 7) is 1.54. The van der Waals surface area contributed by atoms with Crippen LogP contribution < -0.4 is 15.2 Å². The number of likely N-dealkylation sites (tertiary alicyclic amines) is 1. The van der Waals surface area contributed by atoms with E-state index in [0.29, 0.717) is 18.2 Å². The summed E-state index contributed by atoms with van der Waals surface area (Å²) in [5.41, 5.74) is 6.59. The summed E-state index contributed by atoms with van der Waals surface area (Å²) in [5.74, 6) is 0.291. The lowest BCUT2D eigenvalue weighted by Gasteiger charge is -2.23. The second-order valence-corrected chi connectivity index (χ2v) is 5.53. The van der Waals surface area contributed by atoms with Gasteiger partial charge in [0.05, 0.1) is 19.2 Å². The van der Waals surface area contributed by atoms with Gasteiger partial charge in [0.15, 0.2) is 17.3 Å². The summed E-state index contributed by atoms with van der Waals surface area (Å²) in [7, 11) is 4.93. The highest BCUT2D eigenvalue weighted by Crippen LogP contribution is 2.45. The van der Waals surface area contributed by atoms with E-state index in [0.717, 1.165) is 18.5 Å². The van der Waals surface area contributed by atoms with Crippen LogP contribution in [0, 0.1) is 11.7 Å². The fourth-order valence-corrected chi connectivity index (χ4v) is 3.09. The second-order valence-electron chi connectivity index (χ2n) is 5.12. The van der Waals surface area contributed by atoms with Crippen molar-refractivity contribution in [1.29, 1.82) is 0 Å². The van der Waals surface area contributed by atoms with Crippen LogP contribution in [0.4, 0.5) is 4.39 Å². The molecule has 1 heterocycles. The Morgan fingerprint density at radius 1 is 1.40 bits per heavy atom. The Balaban J connectivity index is 2.48. The molecule has 0 aromatic heterocycles. The van der Waals surface area contributed by atoms with E-state index in [-0.39, 0.29) is 16.8 Å². The Morgan fingerprint density at radius 2 is 2.05 bits per heavy atom. The van der Waals surface area contributed by atoms with Gasteiger partial charge >= 0.3 is 0 Å². The van der Waals surface area contributed by atoms with Crippen molar-refractivity contribution >= 4 is 11.6 Å². The van der Waals surface area contributed by atoms with Crippen molar-refractivity contribution in [1.82, 2.24) is 4.90 Å². The van der Waals surface area contributed by atoms with Gasteiger partial charge in [-0.1, -0.05) is 11.6 Å². The highest BCUT2D eigenvalue weighted by atomic mass is 35.5. The predicted octanol–water partition coefficient (Wildman–Crippen LogP) is 2.45. The summed E-state index contributed by atoms with van der Waals surface area (Å²) in [4.78, 5) is 2.18. The molecule has 0 radical (unpaired) electrons. The normalized spacial score (nSPS) is 23.1. The van der Waals surface area contributed by atoms with E-state index < -0.39 is 5.82 Å². The van der Waals surface area contributed by atoms with E-state index in [4.69, 9.17) is 26.8 Å². The van der Waals surface area contributed by atoms with Crippen molar-refractivity contribution in [2.75, 3.05) is 34.4 Å². The maximum Gasteiger partial charge on any atom is 0.198 e. The largest absolute Gasteiger partial charge is 0.492 e. The van der Waals surface area contributed by atoms with Gasteiger partial charge < -0.3 is 15.2 Å². The van der Waals surface area contributed by atoms with E-state index in [1.54, 1.807) is 6.07 Å². The van der Waals surface area contributed by atoms with E-state index in [1.807, 2.05) is 7.05 Å². The van der Waals surface area contributed by atoms with Crippen LogP contribution in [-0.4, -0.2) is 39.3 Å². The van der Waals surface area contributed by atoms with Crippen LogP contribution in [0.3, 0.4) is 0 Å². The fourth-order valence-electron chi connectivity index (χ4n) is 2.88. The number of hydrogen-bond acceptors (Lipinski definition) is 4. The smallest absolute Gasteiger partial charge is 0.198 e. The van der Waals surface area contributed by atoms with Gasteiger partial charge in [-0.2, -0.15) is 0 Å². The lowest BCUT2D eigenvalue weighted by molar-refractivity contribution is 0.292. The first-order valence-electron chi connectivity index (χ1n) is 6.53. The molecule has 2 rings (SSSR count). The first-order chi connectivity index (χ1) is 9.53. The molecule has 1 aromatic rings. The molecule has 1 fully saturated rings. The zero-order valence-electron chi connectivity index (χ0n) is 12.0. The molecule has 0 bridgehead atoms. The summed E-state index contributed by atoms with van der Waals surface area (Å²) in [6, 6.07) is 1.73. The van der Waals surface area contributed by atoms with Crippen LogP contribution >= 0.6 is 11.6 Å². The molecule has 4 nitrogen and oxygen atoms in total. The number of rotatable bonds is 4. The molecule has 0 saturated carbocycles. The van der Waals surface area contributed by atoms with Gasteiger partial charge in [-0.05, 0) is 32.0 Å². The lowest BCUT2D eigenvalue weighted by Crippen LogP contribution is -2.21. The molecule has 0 amide bonds. The highest BCUT2D eigenvalue weighted by molar-refractivity contribution is 6.31. The third-order valence-electron chi connectivity index (χ3n) is 3.90. The molecule has 20 heavy (non-hydrogen) atoms. The Hall–Kier alpha value is -1.04. The minimum absolute atomic E-state index is 0.0437. The molecular formula is C14H20ClFN2O2. The first kappa shape index (κ1) is 15.4. The van der Waals surface area contributed by atoms with Crippen LogP contribution in [0.1, 0.15) is 18.0 Å². The fraction of sp³-hybridized carbons (Fsp3) is 0.571. The molecule has 1 aliphatic rings. The third-order valence-corrected chi connectivity index (χ3v) is 4.17. The van der Waals surface area contributed by atoms with Crippen LogP contribution in [0.15, 0.2) is 6.07 Å². The van der Waals surface area contributed by atoms with Crippen molar-refractivity contribution in [3.8, 4) is 11.5 Å². The molecule has 0 aliphatic carbocycles. The summed E-state index contributed by atoms with van der Waals surface area (Å²) in [5, 5.41) is 0.0437. The van der Waals surface area contributed by atoms with E-state index in [9.17, 15) is 4.39 Å².